The summed E-state index contributed by atoms with van der Waals surface area (Å²) < 4.78 is 11.9. The minimum absolute atomic E-state index is 0.0307. The van der Waals surface area contributed by atoms with E-state index in [0.717, 1.165) is 50.8 Å². The number of hydrogen-bond acceptors (Lipinski definition) is 4. The predicted molar refractivity (Wildman–Crippen MR) is 163 cm³/mol. The van der Waals surface area contributed by atoms with Crippen molar-refractivity contribution in [2.75, 3.05) is 32.9 Å². The lowest BCUT2D eigenvalue weighted by Crippen LogP contribution is -2.39. The molecule has 3 aliphatic rings. The van der Waals surface area contributed by atoms with Gasteiger partial charge in [0.1, 0.15) is 0 Å². The molecule has 0 saturated carbocycles. The molecule has 0 bridgehead atoms. The van der Waals surface area contributed by atoms with Crippen molar-refractivity contribution in [1.29, 1.82) is 0 Å². The monoisotopic (exact) mass is 552 g/mol. The fourth-order valence-electron chi connectivity index (χ4n) is 5.36. The summed E-state index contributed by atoms with van der Waals surface area (Å²) in [5.41, 5.74) is 2.28. The highest BCUT2D eigenvalue weighted by Crippen LogP contribution is 2.34. The molecule has 3 rings (SSSR count). The highest BCUT2D eigenvalue weighted by Gasteiger charge is 2.30. The van der Waals surface area contributed by atoms with Crippen molar-refractivity contribution < 1.29 is 19.1 Å². The Hall–Kier alpha value is -2.44. The van der Waals surface area contributed by atoms with Gasteiger partial charge in [-0.1, -0.05) is 76.3 Å². The molecule has 2 amide bonds. The van der Waals surface area contributed by atoms with Crippen LogP contribution in [0.2, 0.25) is 0 Å². The van der Waals surface area contributed by atoms with Crippen molar-refractivity contribution >= 4 is 11.8 Å². The Morgan fingerprint density at radius 3 is 2.50 bits per heavy atom. The molecule has 0 fully saturated rings. The summed E-state index contributed by atoms with van der Waals surface area (Å²) in [4.78, 5) is 28.2. The van der Waals surface area contributed by atoms with E-state index in [1.54, 1.807) is 0 Å². The van der Waals surface area contributed by atoms with E-state index in [2.05, 4.69) is 88.5 Å². The number of allylic oxidation sites excluding steroid dienone is 8. The summed E-state index contributed by atoms with van der Waals surface area (Å²) >= 11 is 0. The van der Waals surface area contributed by atoms with E-state index in [4.69, 9.17) is 9.47 Å². The first-order valence-electron chi connectivity index (χ1n) is 15.3. The summed E-state index contributed by atoms with van der Waals surface area (Å²) in [5.74, 6) is 0.691. The van der Waals surface area contributed by atoms with Gasteiger partial charge >= 0.3 is 0 Å². The lowest BCUT2D eigenvalue weighted by Gasteiger charge is -2.36. The first kappa shape index (κ1) is 32.1. The van der Waals surface area contributed by atoms with Crippen LogP contribution in [-0.4, -0.2) is 55.2 Å². The Bertz CT molecular complexity index is 1000. The number of ether oxygens (including phenoxy) is 2. The Labute approximate surface area is 242 Å². The van der Waals surface area contributed by atoms with Crippen molar-refractivity contribution in [3.63, 3.8) is 0 Å². The maximum absolute atomic E-state index is 13.5. The third kappa shape index (κ3) is 10.5. The van der Waals surface area contributed by atoms with E-state index >= 15 is 0 Å². The Morgan fingerprint density at radius 1 is 0.975 bits per heavy atom. The topological polar surface area (TPSA) is 67.9 Å². The zero-order valence-corrected chi connectivity index (χ0v) is 25.5. The SMILES string of the molecule is CCC(C)(CCNC(=O)CCC(=O)N1CC2C=CC=CC2CCC2=C1CC=CC=C2)OCCOCCC(C)(C)C. The largest absolute Gasteiger partial charge is 0.379 e. The summed E-state index contributed by atoms with van der Waals surface area (Å²) in [7, 11) is 0. The molecule has 2 aliphatic carbocycles. The average molecular weight is 553 g/mol. The quantitative estimate of drug-likeness (QED) is 0.259. The number of rotatable bonds is 13. The molecule has 3 unspecified atom stereocenters. The van der Waals surface area contributed by atoms with Crippen LogP contribution in [0.4, 0.5) is 0 Å². The molecule has 6 heteroatoms. The van der Waals surface area contributed by atoms with Gasteiger partial charge in [0, 0.05) is 50.6 Å². The Morgan fingerprint density at radius 2 is 1.75 bits per heavy atom. The molecule has 1 aliphatic heterocycles. The molecule has 6 nitrogen and oxygen atoms in total. The van der Waals surface area contributed by atoms with Gasteiger partial charge in [0.2, 0.25) is 11.8 Å². The molecule has 1 N–H and O–H groups in total. The second-order valence-electron chi connectivity index (χ2n) is 12.8. The predicted octanol–water partition coefficient (Wildman–Crippen LogP) is 6.66. The van der Waals surface area contributed by atoms with Gasteiger partial charge < -0.3 is 19.7 Å². The van der Waals surface area contributed by atoms with Crippen molar-refractivity contribution in [2.24, 2.45) is 17.3 Å². The van der Waals surface area contributed by atoms with E-state index < -0.39 is 0 Å². The zero-order chi connectivity index (χ0) is 29.0. The van der Waals surface area contributed by atoms with Crippen LogP contribution in [0, 0.1) is 17.3 Å². The maximum Gasteiger partial charge on any atom is 0.227 e. The van der Waals surface area contributed by atoms with E-state index in [0.29, 0.717) is 38.1 Å². The summed E-state index contributed by atoms with van der Waals surface area (Å²) in [5, 5.41) is 3.02. The fraction of sp³-hybridized carbons (Fsp3) is 0.647. The maximum atomic E-state index is 13.5. The van der Waals surface area contributed by atoms with Crippen LogP contribution in [0.1, 0.15) is 86.0 Å². The summed E-state index contributed by atoms with van der Waals surface area (Å²) in [6, 6.07) is 0. The van der Waals surface area contributed by atoms with Gasteiger partial charge in [0.25, 0.3) is 0 Å². The summed E-state index contributed by atoms with van der Waals surface area (Å²) in [6.07, 6.45) is 22.9. The minimum atomic E-state index is -0.317. The molecule has 40 heavy (non-hydrogen) atoms. The molecule has 3 atom stereocenters. The average Bonchev–Trinajstić information content (AvgIpc) is 3.15. The molecule has 0 aromatic heterocycles. The van der Waals surface area contributed by atoms with E-state index in [1.165, 1.54) is 5.57 Å². The normalized spacial score (nSPS) is 22.2. The third-order valence-electron chi connectivity index (χ3n) is 8.34. The van der Waals surface area contributed by atoms with Crippen molar-refractivity contribution in [3.05, 3.63) is 59.9 Å². The molecule has 0 aromatic rings. The van der Waals surface area contributed by atoms with Gasteiger partial charge in [0.05, 0.1) is 18.8 Å². The van der Waals surface area contributed by atoms with Gasteiger partial charge in [-0.05, 0) is 55.9 Å². The molecule has 0 radical (unpaired) electrons. The Balaban J connectivity index is 1.46. The molecule has 0 aromatic carbocycles. The summed E-state index contributed by atoms with van der Waals surface area (Å²) in [6.45, 7) is 13.9. The highest BCUT2D eigenvalue weighted by molar-refractivity contribution is 5.85. The van der Waals surface area contributed by atoms with Crippen LogP contribution in [0.3, 0.4) is 0 Å². The number of hydrogen-bond donors (Lipinski definition) is 1. The standard InChI is InChI=1S/C34H52N2O4/c1-6-34(5,40-25-24-39-23-21-33(2,3)4)20-22-35-31(37)18-19-32(38)36-26-29-14-11-10-12-27(29)16-17-28-13-8-7-9-15-30(28)36/h7-14,27,29H,6,15-26H2,1-5H3,(H,35,37). The van der Waals surface area contributed by atoms with E-state index in [1.807, 2.05) is 4.90 Å². The van der Waals surface area contributed by atoms with Crippen LogP contribution in [0.25, 0.3) is 0 Å². The molecular weight excluding hydrogens is 500 g/mol. The number of carbonyl (C=O) groups excluding carboxylic acids is 2. The van der Waals surface area contributed by atoms with Gasteiger partial charge in [-0.25, -0.2) is 0 Å². The van der Waals surface area contributed by atoms with Crippen molar-refractivity contribution in [3.8, 4) is 0 Å². The minimum Gasteiger partial charge on any atom is -0.379 e. The van der Waals surface area contributed by atoms with Crippen molar-refractivity contribution in [1.82, 2.24) is 10.2 Å². The van der Waals surface area contributed by atoms with Crippen LogP contribution < -0.4 is 5.32 Å². The van der Waals surface area contributed by atoms with Crippen LogP contribution >= 0.6 is 0 Å². The molecule has 0 spiro atoms. The second-order valence-corrected chi connectivity index (χ2v) is 12.8. The molecule has 222 valence electrons. The zero-order valence-electron chi connectivity index (χ0n) is 25.5. The second kappa shape index (κ2) is 15.5. The van der Waals surface area contributed by atoms with Gasteiger partial charge in [-0.3, -0.25) is 9.59 Å². The van der Waals surface area contributed by atoms with Gasteiger partial charge in [0.15, 0.2) is 0 Å². The number of nitrogens with one attached hydrogen (secondary N) is 1. The number of amides is 2. The number of nitrogens with zero attached hydrogens (tertiary/aromatic N) is 1. The van der Waals surface area contributed by atoms with Crippen LogP contribution in [0.15, 0.2) is 59.9 Å². The van der Waals surface area contributed by atoms with Crippen LogP contribution in [0.5, 0.6) is 0 Å². The van der Waals surface area contributed by atoms with Gasteiger partial charge in [-0.15, -0.1) is 0 Å². The smallest absolute Gasteiger partial charge is 0.227 e. The third-order valence-corrected chi connectivity index (χ3v) is 8.34. The lowest BCUT2D eigenvalue weighted by molar-refractivity contribution is -0.132. The van der Waals surface area contributed by atoms with E-state index in [-0.39, 0.29) is 35.7 Å². The van der Waals surface area contributed by atoms with Crippen molar-refractivity contribution in [2.45, 2.75) is 91.6 Å². The number of carbonyl (C=O) groups is 2. The fourth-order valence-corrected chi connectivity index (χ4v) is 5.36. The molecule has 0 saturated heterocycles. The molecular formula is C34H52N2O4. The first-order chi connectivity index (χ1) is 19.1. The number of fused-ring (bicyclic) bond motifs is 1. The molecule has 1 heterocycles. The van der Waals surface area contributed by atoms with Crippen LogP contribution in [-0.2, 0) is 19.1 Å². The Kier molecular flexibility index (Phi) is 12.5. The lowest BCUT2D eigenvalue weighted by atomic mass is 9.81. The highest BCUT2D eigenvalue weighted by atomic mass is 16.5. The van der Waals surface area contributed by atoms with Gasteiger partial charge in [-0.2, -0.15) is 0 Å². The first-order valence-corrected chi connectivity index (χ1v) is 15.3. The van der Waals surface area contributed by atoms with E-state index in [9.17, 15) is 9.59 Å².